The van der Waals surface area contributed by atoms with E-state index in [1.165, 1.54) is 4.90 Å². The van der Waals surface area contributed by atoms with E-state index >= 15 is 0 Å². The van der Waals surface area contributed by atoms with Gasteiger partial charge in [0, 0.05) is 41.9 Å². The number of rotatable bonds is 6. The summed E-state index contributed by atoms with van der Waals surface area (Å²) in [7, 11) is 2.11. The fourth-order valence-electron chi connectivity index (χ4n) is 4.65. The lowest BCUT2D eigenvalue weighted by Crippen LogP contribution is -3.04. The van der Waals surface area contributed by atoms with E-state index in [2.05, 4.69) is 36.4 Å². The van der Waals surface area contributed by atoms with Crippen LogP contribution < -0.4 is 33.6 Å². The zero-order valence-corrected chi connectivity index (χ0v) is 21.0. The number of likely N-dealkylation sites (N-methyl/N-ethyl adjacent to an activating group) is 1. The van der Waals surface area contributed by atoms with Crippen LogP contribution in [0.2, 0.25) is 0 Å². The third-order valence-electron chi connectivity index (χ3n) is 6.29. The lowest BCUT2D eigenvalue weighted by atomic mass is 9.93. The highest BCUT2D eigenvalue weighted by atomic mass is 127. The van der Waals surface area contributed by atoms with E-state index in [4.69, 9.17) is 9.47 Å². The van der Waals surface area contributed by atoms with Crippen molar-refractivity contribution >= 4 is 11.4 Å². The highest BCUT2D eigenvalue weighted by molar-refractivity contribution is 6.25. The Morgan fingerprint density at radius 3 is 2.58 bits per heavy atom. The van der Waals surface area contributed by atoms with Crippen LogP contribution in [0.4, 0.5) is 0 Å². The van der Waals surface area contributed by atoms with Crippen molar-refractivity contribution < 1.29 is 43.1 Å². The van der Waals surface area contributed by atoms with Crippen molar-refractivity contribution in [2.45, 2.75) is 0 Å². The zero-order valence-electron chi connectivity index (χ0n) is 18.9. The van der Waals surface area contributed by atoms with Gasteiger partial charge in [-0.05, 0) is 41.5 Å². The number of quaternary nitrogens is 1. The number of benzene rings is 2. The first-order valence-corrected chi connectivity index (χ1v) is 11.3. The predicted octanol–water partition coefficient (Wildman–Crippen LogP) is -0.632. The van der Waals surface area contributed by atoms with Gasteiger partial charge >= 0.3 is 0 Å². The Hall–Kier alpha value is -2.26. The molecule has 33 heavy (non-hydrogen) atoms. The summed E-state index contributed by atoms with van der Waals surface area (Å²) in [6.07, 6.45) is 6.23. The average molecular weight is 556 g/mol. The van der Waals surface area contributed by atoms with Crippen LogP contribution in [-0.2, 0) is 4.74 Å². The molecule has 2 aromatic rings. The summed E-state index contributed by atoms with van der Waals surface area (Å²) in [6, 6.07) is 16.2. The number of hydrogen-bond acceptors (Lipinski definition) is 4. The topological polar surface area (TPSA) is 43.2 Å². The number of carbonyl (C=O) groups is 1. The Balaban J connectivity index is 0.00000259. The van der Waals surface area contributed by atoms with Gasteiger partial charge in [0.15, 0.2) is 5.78 Å². The molecule has 5 rings (SSSR count). The molecule has 2 heterocycles. The van der Waals surface area contributed by atoms with Crippen LogP contribution >= 0.6 is 0 Å². The van der Waals surface area contributed by atoms with E-state index in [0.717, 1.165) is 78.6 Å². The van der Waals surface area contributed by atoms with Crippen LogP contribution in [0.15, 0.2) is 78.0 Å². The molecule has 1 N–H and O–H groups in total. The van der Waals surface area contributed by atoms with Crippen molar-refractivity contribution in [3.63, 3.8) is 0 Å². The number of nitrogens with zero attached hydrogens (tertiary/aromatic N) is 1. The van der Waals surface area contributed by atoms with E-state index in [1.807, 2.05) is 42.5 Å². The molecule has 3 aliphatic rings. The lowest BCUT2D eigenvalue weighted by Gasteiger charge is -2.26. The van der Waals surface area contributed by atoms with Crippen molar-refractivity contribution in [1.29, 1.82) is 0 Å². The van der Waals surface area contributed by atoms with E-state index < -0.39 is 0 Å². The van der Waals surface area contributed by atoms with Crippen molar-refractivity contribution in [3.8, 4) is 5.75 Å². The zero-order chi connectivity index (χ0) is 21.9. The minimum absolute atomic E-state index is 0. The van der Waals surface area contributed by atoms with Gasteiger partial charge in [-0.3, -0.25) is 9.69 Å². The number of nitrogens with one attached hydrogen (secondary N) is 1. The normalized spacial score (nSPS) is 20.3. The lowest BCUT2D eigenvalue weighted by molar-refractivity contribution is -0.819. The Morgan fingerprint density at radius 2 is 1.82 bits per heavy atom. The number of hydrogen-bond donors (Lipinski definition) is 1. The van der Waals surface area contributed by atoms with Gasteiger partial charge in [0.05, 0.1) is 26.5 Å². The molecule has 6 heteroatoms. The maximum Gasteiger partial charge on any atom is 0.194 e. The monoisotopic (exact) mass is 556 g/mol. The summed E-state index contributed by atoms with van der Waals surface area (Å²) in [5, 5.41) is 0. The number of fused-ring (bicyclic) bond motifs is 1. The number of morpholine rings is 1. The minimum atomic E-state index is 0. The maximum atomic E-state index is 13.7. The molecule has 0 bridgehead atoms. The Morgan fingerprint density at radius 1 is 1.03 bits per heavy atom. The molecule has 0 amide bonds. The molecule has 0 aromatic heterocycles. The van der Waals surface area contributed by atoms with Gasteiger partial charge in [-0.25, -0.2) is 0 Å². The first-order valence-electron chi connectivity index (χ1n) is 11.3. The molecule has 1 saturated heterocycles. The van der Waals surface area contributed by atoms with Gasteiger partial charge in [0.2, 0.25) is 0 Å². The highest BCUT2D eigenvalue weighted by Gasteiger charge is 2.34. The highest BCUT2D eigenvalue weighted by Crippen LogP contribution is 2.41. The predicted molar refractivity (Wildman–Crippen MR) is 125 cm³/mol. The molecule has 1 fully saturated rings. The van der Waals surface area contributed by atoms with Gasteiger partial charge in [0.25, 0.3) is 0 Å². The largest absolute Gasteiger partial charge is 1.00 e. The molecule has 0 radical (unpaired) electrons. The van der Waals surface area contributed by atoms with Gasteiger partial charge in [-0.1, -0.05) is 30.3 Å². The van der Waals surface area contributed by atoms with Gasteiger partial charge in [-0.15, -0.1) is 0 Å². The van der Waals surface area contributed by atoms with Gasteiger partial charge < -0.3 is 38.4 Å². The van der Waals surface area contributed by atoms with Crippen LogP contribution in [-0.4, -0.2) is 63.7 Å². The van der Waals surface area contributed by atoms with E-state index in [0.29, 0.717) is 6.61 Å². The first-order chi connectivity index (χ1) is 15.7. The smallest absolute Gasteiger partial charge is 0.194 e. The number of halogens is 1. The standard InChI is InChI=1S/C27H28N2O3.HI/c1-28-11-5-8-21(19-28)26-25(20-6-3-2-4-7-20)23-10-9-22(18-24(23)27(26)30)32-17-14-29-12-15-31-16-13-29;/h2-11,18H,12-17,19H2,1H3;1H. The molecule has 1 unspecified atom stereocenters. The Labute approximate surface area is 212 Å². The number of allylic oxidation sites excluding steroid dienone is 2. The molecule has 2 aromatic carbocycles. The van der Waals surface area contributed by atoms with Crippen molar-refractivity contribution in [3.05, 3.63) is 94.7 Å². The van der Waals surface area contributed by atoms with Crippen molar-refractivity contribution in [2.24, 2.45) is 0 Å². The third-order valence-corrected chi connectivity index (χ3v) is 6.29. The number of Topliss-reactive ketones (excluding diaryl/α,β-unsaturated/α-hetero) is 1. The van der Waals surface area contributed by atoms with Crippen LogP contribution in [0.25, 0.3) is 5.57 Å². The summed E-state index contributed by atoms with van der Waals surface area (Å²) >= 11 is 0. The van der Waals surface area contributed by atoms with Crippen LogP contribution in [0.5, 0.6) is 5.75 Å². The van der Waals surface area contributed by atoms with Crippen LogP contribution in [0.1, 0.15) is 21.5 Å². The second-order valence-electron chi connectivity index (χ2n) is 8.53. The van der Waals surface area contributed by atoms with Crippen molar-refractivity contribution in [2.75, 3.05) is 53.0 Å². The second-order valence-corrected chi connectivity index (χ2v) is 8.53. The summed E-state index contributed by atoms with van der Waals surface area (Å²) in [5.41, 5.74) is 5.73. The van der Waals surface area contributed by atoms with Crippen molar-refractivity contribution in [1.82, 2.24) is 4.90 Å². The third kappa shape index (κ3) is 5.14. The van der Waals surface area contributed by atoms with Crippen LogP contribution in [0, 0.1) is 0 Å². The molecule has 5 nitrogen and oxygen atoms in total. The fourth-order valence-corrected chi connectivity index (χ4v) is 4.65. The summed E-state index contributed by atoms with van der Waals surface area (Å²) in [6.45, 7) is 5.71. The summed E-state index contributed by atoms with van der Waals surface area (Å²) < 4.78 is 11.4. The number of ketones is 1. The maximum absolute atomic E-state index is 13.7. The van der Waals surface area contributed by atoms with E-state index in [-0.39, 0.29) is 29.8 Å². The first kappa shape index (κ1) is 23.9. The molecule has 0 spiro atoms. The number of carbonyl (C=O) groups excluding carboxylic acids is 1. The van der Waals surface area contributed by atoms with Gasteiger partial charge in [0.1, 0.15) is 18.9 Å². The summed E-state index contributed by atoms with van der Waals surface area (Å²) in [4.78, 5) is 17.3. The molecule has 2 aliphatic heterocycles. The van der Waals surface area contributed by atoms with Gasteiger partial charge in [-0.2, -0.15) is 0 Å². The Bertz CT molecular complexity index is 1100. The molecular weight excluding hydrogens is 527 g/mol. The van der Waals surface area contributed by atoms with Crippen LogP contribution in [0.3, 0.4) is 0 Å². The van der Waals surface area contributed by atoms with E-state index in [9.17, 15) is 4.79 Å². The van der Waals surface area contributed by atoms with E-state index in [1.54, 1.807) is 0 Å². The molecule has 172 valence electrons. The molecule has 1 atom stereocenters. The second kappa shape index (κ2) is 10.8. The Kier molecular flexibility index (Phi) is 7.80. The fraction of sp³-hybridized carbons (Fsp3) is 0.296. The molecular formula is C27H29IN2O3. The molecule has 1 aliphatic carbocycles. The average Bonchev–Trinajstić information content (AvgIpc) is 3.12. The SMILES string of the molecule is C[NH+]1C=CC=C(C2=C(c3ccccc3)c3ccc(OCCN4CCOCC4)cc3C2=O)C1.[I-]. The quantitative estimate of drug-likeness (QED) is 0.482. The molecule has 0 saturated carbocycles. The minimum Gasteiger partial charge on any atom is -1.00 e. The number of ether oxygens (including phenoxy) is 2. The summed E-state index contributed by atoms with van der Waals surface area (Å²) in [5.74, 6) is 0.839.